The number of benzene rings is 1. The van der Waals surface area contributed by atoms with E-state index in [0.29, 0.717) is 16.9 Å². The van der Waals surface area contributed by atoms with Gasteiger partial charge in [-0.1, -0.05) is 43.1 Å². The van der Waals surface area contributed by atoms with Gasteiger partial charge in [0.2, 0.25) is 0 Å². The molecule has 1 N–H and O–H groups in total. The number of rotatable bonds is 4. The molecule has 3 aromatic rings. The van der Waals surface area contributed by atoms with Crippen molar-refractivity contribution in [2.45, 2.75) is 32.4 Å². The van der Waals surface area contributed by atoms with E-state index in [4.69, 9.17) is 35.4 Å². The second kappa shape index (κ2) is 9.41. The topological polar surface area (TPSA) is 31.4 Å². The third-order valence-electron chi connectivity index (χ3n) is 6.40. The van der Waals surface area contributed by atoms with Gasteiger partial charge < -0.3 is 15.1 Å². The van der Waals surface area contributed by atoms with E-state index in [-0.39, 0.29) is 12.1 Å². The average molecular weight is 518 g/mol. The Morgan fingerprint density at radius 2 is 1.85 bits per heavy atom. The van der Waals surface area contributed by atoms with E-state index in [0.717, 1.165) is 44.4 Å². The Bertz CT molecular complexity index is 1140. The summed E-state index contributed by atoms with van der Waals surface area (Å²) in [4.78, 5) is 10.3. The van der Waals surface area contributed by atoms with Gasteiger partial charge in [-0.05, 0) is 72.9 Å². The zero-order valence-electron chi connectivity index (χ0n) is 18.5. The van der Waals surface area contributed by atoms with Crippen LogP contribution in [0.1, 0.15) is 42.9 Å². The SMILES string of the molecule is C[C@H]1C[C@H](C)CN(c2ccc(N3C(=S)N[C@@H](c4ccccn4)[C@@H]3c3ccc(Cl)s3)cc2Cl)C1. The molecular formula is C25H26Cl2N4S2. The van der Waals surface area contributed by atoms with E-state index in [1.807, 2.05) is 36.5 Å². The van der Waals surface area contributed by atoms with Gasteiger partial charge in [0, 0.05) is 29.9 Å². The molecule has 2 fully saturated rings. The van der Waals surface area contributed by atoms with Gasteiger partial charge in [0.15, 0.2) is 5.11 Å². The van der Waals surface area contributed by atoms with Crippen LogP contribution in [0.3, 0.4) is 0 Å². The molecule has 4 nitrogen and oxygen atoms in total. The van der Waals surface area contributed by atoms with Crippen molar-refractivity contribution in [3.05, 3.63) is 74.7 Å². The summed E-state index contributed by atoms with van der Waals surface area (Å²) in [7, 11) is 0. The third-order valence-corrected chi connectivity index (χ3v) is 8.32. The van der Waals surface area contributed by atoms with Crippen molar-refractivity contribution in [1.29, 1.82) is 0 Å². The number of nitrogens with zero attached hydrogens (tertiary/aromatic N) is 3. The van der Waals surface area contributed by atoms with E-state index in [9.17, 15) is 0 Å². The van der Waals surface area contributed by atoms with Gasteiger partial charge in [-0.3, -0.25) is 4.98 Å². The lowest BCUT2D eigenvalue weighted by atomic mass is 9.91. The first-order valence-corrected chi connectivity index (χ1v) is 13.2. The first kappa shape index (κ1) is 22.9. The molecule has 0 bridgehead atoms. The second-order valence-corrected chi connectivity index (χ2v) is 11.7. The fourth-order valence-electron chi connectivity index (χ4n) is 5.17. The zero-order valence-corrected chi connectivity index (χ0v) is 21.7. The van der Waals surface area contributed by atoms with Crippen LogP contribution in [0, 0.1) is 11.8 Å². The molecule has 0 saturated carbocycles. The molecule has 33 heavy (non-hydrogen) atoms. The quantitative estimate of drug-likeness (QED) is 0.373. The molecule has 0 spiro atoms. The number of aromatic nitrogens is 1. The average Bonchev–Trinajstić information content (AvgIpc) is 3.36. The summed E-state index contributed by atoms with van der Waals surface area (Å²) in [5.41, 5.74) is 3.00. The smallest absolute Gasteiger partial charge is 0.174 e. The summed E-state index contributed by atoms with van der Waals surface area (Å²) >= 11 is 20.6. The van der Waals surface area contributed by atoms with Crippen LogP contribution in [-0.2, 0) is 0 Å². The molecule has 4 atom stereocenters. The van der Waals surface area contributed by atoms with E-state index in [1.165, 1.54) is 6.42 Å². The van der Waals surface area contributed by atoms with Crippen LogP contribution < -0.4 is 15.1 Å². The summed E-state index contributed by atoms with van der Waals surface area (Å²) in [6.45, 7) is 6.69. The maximum atomic E-state index is 6.87. The van der Waals surface area contributed by atoms with Crippen molar-refractivity contribution in [1.82, 2.24) is 10.3 Å². The molecule has 172 valence electrons. The zero-order chi connectivity index (χ0) is 23.1. The molecule has 0 aliphatic carbocycles. The maximum absolute atomic E-state index is 6.87. The Hall–Kier alpha value is -1.86. The molecule has 5 rings (SSSR count). The monoisotopic (exact) mass is 516 g/mol. The fraction of sp³-hybridized carbons (Fsp3) is 0.360. The molecule has 2 aromatic heterocycles. The van der Waals surface area contributed by atoms with Crippen molar-refractivity contribution in [3.8, 4) is 0 Å². The van der Waals surface area contributed by atoms with Crippen LogP contribution in [0.25, 0.3) is 0 Å². The van der Waals surface area contributed by atoms with Crippen molar-refractivity contribution in [3.63, 3.8) is 0 Å². The Morgan fingerprint density at radius 3 is 2.48 bits per heavy atom. The Balaban J connectivity index is 1.51. The number of anilines is 2. The van der Waals surface area contributed by atoms with Crippen LogP contribution in [0.15, 0.2) is 54.7 Å². The van der Waals surface area contributed by atoms with Crippen molar-refractivity contribution in [2.75, 3.05) is 22.9 Å². The summed E-state index contributed by atoms with van der Waals surface area (Å²) in [6.07, 6.45) is 3.08. The van der Waals surface area contributed by atoms with Crippen molar-refractivity contribution < 1.29 is 0 Å². The summed E-state index contributed by atoms with van der Waals surface area (Å²) in [5.74, 6) is 1.32. The van der Waals surface area contributed by atoms with Crippen LogP contribution in [-0.4, -0.2) is 23.2 Å². The molecule has 0 amide bonds. The molecule has 2 saturated heterocycles. The lowest BCUT2D eigenvalue weighted by Gasteiger charge is -2.37. The highest BCUT2D eigenvalue weighted by atomic mass is 35.5. The maximum Gasteiger partial charge on any atom is 0.174 e. The molecular weight excluding hydrogens is 491 g/mol. The van der Waals surface area contributed by atoms with Crippen LogP contribution in [0.2, 0.25) is 9.36 Å². The summed E-state index contributed by atoms with van der Waals surface area (Å²) < 4.78 is 0.754. The van der Waals surface area contributed by atoms with Gasteiger partial charge in [0.25, 0.3) is 0 Å². The number of piperidine rings is 1. The molecule has 1 aromatic carbocycles. The predicted octanol–water partition coefficient (Wildman–Crippen LogP) is 7.11. The van der Waals surface area contributed by atoms with E-state index in [2.05, 4.69) is 52.1 Å². The van der Waals surface area contributed by atoms with E-state index in [1.54, 1.807) is 11.3 Å². The summed E-state index contributed by atoms with van der Waals surface area (Å²) in [5, 5.41) is 4.90. The molecule has 0 unspecified atom stereocenters. The largest absolute Gasteiger partial charge is 0.370 e. The number of thiocarbonyl (C=S) groups is 1. The van der Waals surface area contributed by atoms with Gasteiger partial charge in [-0.2, -0.15) is 0 Å². The van der Waals surface area contributed by atoms with Crippen molar-refractivity contribution >= 4 is 63.2 Å². The lowest BCUT2D eigenvalue weighted by molar-refractivity contribution is 0.357. The molecule has 2 aliphatic heterocycles. The number of hydrogen-bond acceptors (Lipinski definition) is 4. The minimum Gasteiger partial charge on any atom is -0.370 e. The highest BCUT2D eigenvalue weighted by molar-refractivity contribution is 7.80. The van der Waals surface area contributed by atoms with E-state index >= 15 is 0 Å². The lowest BCUT2D eigenvalue weighted by Crippen LogP contribution is -2.38. The predicted molar refractivity (Wildman–Crippen MR) is 144 cm³/mol. The number of halogens is 2. The molecule has 8 heteroatoms. The number of pyridine rings is 1. The number of nitrogens with one attached hydrogen (secondary N) is 1. The standard InChI is InChI=1S/C25H26Cl2N4S2/c1-15-11-16(2)14-30(13-15)20-7-6-17(12-18(20)26)31-24(21-8-9-22(27)33-21)23(29-25(31)32)19-5-3-4-10-28-19/h3-10,12,15-16,23-24H,11,13-14H2,1-2H3,(H,29,32)/t15-,16-,23-,24-/m0/s1. The van der Waals surface area contributed by atoms with Gasteiger partial charge >= 0.3 is 0 Å². The first-order valence-electron chi connectivity index (χ1n) is 11.2. The second-order valence-electron chi connectivity index (χ2n) is 9.13. The molecule has 4 heterocycles. The van der Waals surface area contributed by atoms with Crippen LogP contribution in [0.4, 0.5) is 11.4 Å². The number of hydrogen-bond donors (Lipinski definition) is 1. The van der Waals surface area contributed by atoms with Crippen molar-refractivity contribution in [2.24, 2.45) is 11.8 Å². The van der Waals surface area contributed by atoms with E-state index < -0.39 is 0 Å². The Labute approximate surface area is 214 Å². The normalized spacial score (nSPS) is 25.4. The molecule has 2 aliphatic rings. The van der Waals surface area contributed by atoms with Crippen LogP contribution >= 0.6 is 46.8 Å². The van der Waals surface area contributed by atoms with Gasteiger partial charge in [0.05, 0.1) is 32.8 Å². The van der Waals surface area contributed by atoms with Crippen LogP contribution in [0.5, 0.6) is 0 Å². The highest BCUT2D eigenvalue weighted by Crippen LogP contribution is 2.45. The van der Waals surface area contributed by atoms with Gasteiger partial charge in [-0.15, -0.1) is 11.3 Å². The number of thiophene rings is 1. The van der Waals surface area contributed by atoms with Gasteiger partial charge in [0.1, 0.15) is 0 Å². The fourth-order valence-corrected chi connectivity index (χ4v) is 7.00. The summed E-state index contributed by atoms with van der Waals surface area (Å²) in [6, 6.07) is 16.1. The minimum absolute atomic E-state index is 0.0677. The Morgan fingerprint density at radius 1 is 1.06 bits per heavy atom. The Kier molecular flexibility index (Phi) is 6.54. The minimum atomic E-state index is -0.0873. The highest BCUT2D eigenvalue weighted by Gasteiger charge is 2.41. The first-order chi connectivity index (χ1) is 15.9. The third kappa shape index (κ3) is 4.59. The van der Waals surface area contributed by atoms with Gasteiger partial charge in [-0.25, -0.2) is 0 Å². The molecule has 0 radical (unpaired) electrons.